The number of rotatable bonds is 0. The molecular weight excluding hydrogens is 399 g/mol. The SMILES string of the molecule is Cl.Cl.Cl.Cl.Cl.Cl.[Re]. The van der Waals surface area contributed by atoms with Gasteiger partial charge in [0.2, 0.25) is 0 Å². The monoisotopic (exact) mass is 403 g/mol. The summed E-state index contributed by atoms with van der Waals surface area (Å²) in [4.78, 5) is 0. The Labute approximate surface area is 94.1 Å². The van der Waals surface area contributed by atoms with E-state index in [0.717, 1.165) is 0 Å². The van der Waals surface area contributed by atoms with Gasteiger partial charge in [0.05, 0.1) is 0 Å². The second-order valence-electron chi connectivity index (χ2n) is 0. The molecule has 7 heteroatoms. The summed E-state index contributed by atoms with van der Waals surface area (Å²) in [5.41, 5.74) is 0. The van der Waals surface area contributed by atoms with E-state index in [0.29, 0.717) is 0 Å². The van der Waals surface area contributed by atoms with Crippen LogP contribution < -0.4 is 0 Å². The molecule has 0 amide bonds. The molecule has 0 aromatic heterocycles. The molecule has 0 heterocycles. The Morgan fingerprint density at radius 3 is 0.286 bits per heavy atom. The minimum Gasteiger partial charge on any atom is -0.147 e. The van der Waals surface area contributed by atoms with Crippen molar-refractivity contribution in [2.24, 2.45) is 0 Å². The molecule has 0 aliphatic carbocycles. The molecule has 0 spiro atoms. The standard InChI is InChI=1S/6ClH.Re/h6*1H;. The smallest absolute Gasteiger partial charge is 0 e. The molecular formula is H6Cl6Re. The molecule has 0 aliphatic rings. The van der Waals surface area contributed by atoms with Crippen molar-refractivity contribution in [3.05, 3.63) is 0 Å². The number of halogens is 6. The molecule has 1 radical (unpaired) electrons. The molecule has 0 nitrogen and oxygen atoms in total. The second kappa shape index (κ2) is 79.8. The first-order valence-electron chi connectivity index (χ1n) is 0. The van der Waals surface area contributed by atoms with Gasteiger partial charge in [0, 0.05) is 20.4 Å². The van der Waals surface area contributed by atoms with Crippen molar-refractivity contribution < 1.29 is 20.4 Å². The van der Waals surface area contributed by atoms with Gasteiger partial charge >= 0.3 is 0 Å². The van der Waals surface area contributed by atoms with Crippen LogP contribution in [0.3, 0.4) is 0 Å². The summed E-state index contributed by atoms with van der Waals surface area (Å²) >= 11 is 0. The zero-order valence-electron chi connectivity index (χ0n) is 2.83. The fourth-order valence-corrected chi connectivity index (χ4v) is 0. The molecule has 0 bridgehead atoms. The summed E-state index contributed by atoms with van der Waals surface area (Å²) in [6.07, 6.45) is 0. The number of hydrogen-bond donors (Lipinski definition) is 0. The van der Waals surface area contributed by atoms with E-state index in [2.05, 4.69) is 0 Å². The van der Waals surface area contributed by atoms with Crippen molar-refractivity contribution in [1.82, 2.24) is 0 Å². The van der Waals surface area contributed by atoms with E-state index in [4.69, 9.17) is 0 Å². The quantitative estimate of drug-likeness (QED) is 0.582. The van der Waals surface area contributed by atoms with E-state index in [1.165, 1.54) is 0 Å². The van der Waals surface area contributed by atoms with Gasteiger partial charge in [-0.05, 0) is 0 Å². The van der Waals surface area contributed by atoms with Crippen molar-refractivity contribution in [1.29, 1.82) is 0 Å². The molecule has 55 valence electrons. The Kier molecular flexibility index (Phi) is 1310. The Morgan fingerprint density at radius 2 is 0.286 bits per heavy atom. The predicted octanol–water partition coefficient (Wildman–Crippen LogP) is 2.53. The van der Waals surface area contributed by atoms with Crippen LogP contribution in [0.15, 0.2) is 0 Å². The molecule has 0 rings (SSSR count). The van der Waals surface area contributed by atoms with E-state index >= 15 is 0 Å². The maximum atomic E-state index is 0. The van der Waals surface area contributed by atoms with Crippen LogP contribution in [0.1, 0.15) is 0 Å². The van der Waals surface area contributed by atoms with Gasteiger partial charge in [-0.1, -0.05) is 0 Å². The van der Waals surface area contributed by atoms with Gasteiger partial charge in [-0.15, -0.1) is 74.4 Å². The topological polar surface area (TPSA) is 0 Å². The van der Waals surface area contributed by atoms with Crippen molar-refractivity contribution in [2.45, 2.75) is 0 Å². The summed E-state index contributed by atoms with van der Waals surface area (Å²) in [7, 11) is 0. The molecule has 0 saturated carbocycles. The molecule has 0 aromatic rings. The average molecular weight is 405 g/mol. The molecule has 7 heavy (non-hydrogen) atoms. The maximum absolute atomic E-state index is 0. The minimum atomic E-state index is 0. The van der Waals surface area contributed by atoms with Gasteiger partial charge in [0.25, 0.3) is 0 Å². The zero-order chi connectivity index (χ0) is 0. The van der Waals surface area contributed by atoms with E-state index in [1.807, 2.05) is 0 Å². The van der Waals surface area contributed by atoms with Crippen molar-refractivity contribution in [3.63, 3.8) is 0 Å². The van der Waals surface area contributed by atoms with E-state index in [9.17, 15) is 0 Å². The summed E-state index contributed by atoms with van der Waals surface area (Å²) in [5, 5.41) is 0. The third-order valence-corrected chi connectivity index (χ3v) is 0. The van der Waals surface area contributed by atoms with Crippen LogP contribution in [0.4, 0.5) is 0 Å². The molecule has 0 N–H and O–H groups in total. The third kappa shape index (κ3) is 59.7. The Balaban J connectivity index is 0. The molecule has 0 aromatic carbocycles. The summed E-state index contributed by atoms with van der Waals surface area (Å²) < 4.78 is 0. The van der Waals surface area contributed by atoms with Crippen molar-refractivity contribution >= 4 is 74.4 Å². The third-order valence-electron chi connectivity index (χ3n) is 0. The van der Waals surface area contributed by atoms with Crippen LogP contribution in [-0.4, -0.2) is 0 Å². The largest absolute Gasteiger partial charge is 0.147 e. The van der Waals surface area contributed by atoms with Gasteiger partial charge in [0.15, 0.2) is 0 Å². The van der Waals surface area contributed by atoms with E-state index < -0.39 is 0 Å². The molecule has 0 fully saturated rings. The number of hydrogen-bond acceptors (Lipinski definition) is 0. The van der Waals surface area contributed by atoms with Gasteiger partial charge < -0.3 is 0 Å². The van der Waals surface area contributed by atoms with Gasteiger partial charge in [-0.2, -0.15) is 0 Å². The van der Waals surface area contributed by atoms with Crippen LogP contribution in [0.25, 0.3) is 0 Å². The summed E-state index contributed by atoms with van der Waals surface area (Å²) in [5.74, 6) is 0. The van der Waals surface area contributed by atoms with Crippen LogP contribution in [0.2, 0.25) is 0 Å². The molecule has 0 saturated heterocycles. The Morgan fingerprint density at radius 1 is 0.286 bits per heavy atom. The first-order valence-corrected chi connectivity index (χ1v) is 0. The first-order chi connectivity index (χ1) is 0. The van der Waals surface area contributed by atoms with Gasteiger partial charge in [-0.3, -0.25) is 0 Å². The average Bonchev–Trinajstić information content (AvgIpc) is 0. The van der Waals surface area contributed by atoms with Gasteiger partial charge in [0.1, 0.15) is 0 Å². The van der Waals surface area contributed by atoms with Crippen molar-refractivity contribution in [2.75, 3.05) is 0 Å². The van der Waals surface area contributed by atoms with Crippen LogP contribution in [-0.2, 0) is 20.4 Å². The molecule has 0 aliphatic heterocycles. The Bertz CT molecular complexity index is 4.14. The van der Waals surface area contributed by atoms with Crippen LogP contribution in [0, 0.1) is 0 Å². The zero-order valence-corrected chi connectivity index (χ0v) is 10.4. The Hall–Kier alpha value is 2.40. The van der Waals surface area contributed by atoms with E-state index in [-0.39, 0.29) is 94.9 Å². The van der Waals surface area contributed by atoms with E-state index in [1.54, 1.807) is 0 Å². The van der Waals surface area contributed by atoms with Crippen molar-refractivity contribution in [3.8, 4) is 0 Å². The minimum absolute atomic E-state index is 0. The van der Waals surface area contributed by atoms with Gasteiger partial charge in [-0.25, -0.2) is 0 Å². The van der Waals surface area contributed by atoms with Crippen LogP contribution in [0.5, 0.6) is 0 Å². The summed E-state index contributed by atoms with van der Waals surface area (Å²) in [6.45, 7) is 0. The molecule has 0 unspecified atom stereocenters. The summed E-state index contributed by atoms with van der Waals surface area (Å²) in [6, 6.07) is 0. The predicted molar refractivity (Wildman–Crippen MR) is 43.5 cm³/mol. The maximum Gasteiger partial charge on any atom is 0 e. The molecule has 0 atom stereocenters. The fourth-order valence-electron chi connectivity index (χ4n) is 0. The first kappa shape index (κ1) is 115. The fraction of sp³-hybridized carbons (Fsp3) is 0. The second-order valence-corrected chi connectivity index (χ2v) is 0. The van der Waals surface area contributed by atoms with Crippen LogP contribution >= 0.6 is 74.4 Å². The normalized spacial score (nSPS) is 0.